The molecule has 6 heteroatoms. The molecule has 3 aromatic heterocycles. The first-order valence-electron chi connectivity index (χ1n) is 8.13. The number of hydrogen-bond acceptors (Lipinski definition) is 4. The van der Waals surface area contributed by atoms with Gasteiger partial charge >= 0.3 is 0 Å². The van der Waals surface area contributed by atoms with Crippen LogP contribution in [0.5, 0.6) is 0 Å². The molecule has 0 spiro atoms. The molecule has 4 nitrogen and oxygen atoms in total. The van der Waals surface area contributed by atoms with Gasteiger partial charge in [-0.2, -0.15) is 0 Å². The Morgan fingerprint density at radius 3 is 2.52 bits per heavy atom. The smallest absolute Gasteiger partial charge is 0.263 e. The molecule has 3 heterocycles. The van der Waals surface area contributed by atoms with Crippen LogP contribution in [0.3, 0.4) is 0 Å². The summed E-state index contributed by atoms with van der Waals surface area (Å²) in [6.07, 6.45) is 4.72. The van der Waals surface area contributed by atoms with Crippen LogP contribution in [0.4, 0.5) is 0 Å². The summed E-state index contributed by atoms with van der Waals surface area (Å²) >= 11 is 1.53. The van der Waals surface area contributed by atoms with Crippen molar-refractivity contribution in [3.63, 3.8) is 0 Å². The predicted octanol–water partition coefficient (Wildman–Crippen LogP) is 5.00. The van der Waals surface area contributed by atoms with Crippen LogP contribution < -0.4 is 0 Å². The predicted molar refractivity (Wildman–Crippen MR) is 102 cm³/mol. The van der Waals surface area contributed by atoms with E-state index in [1.165, 1.54) is 21.5 Å². The van der Waals surface area contributed by atoms with Crippen LogP contribution in [0, 0.1) is 5.41 Å². The van der Waals surface area contributed by atoms with Crippen molar-refractivity contribution in [3.8, 4) is 10.6 Å². The molecule has 0 radical (unpaired) electrons. The average molecular weight is 375 g/mol. The van der Waals surface area contributed by atoms with Crippen molar-refractivity contribution in [3.05, 3.63) is 59.9 Å². The van der Waals surface area contributed by atoms with E-state index in [2.05, 4.69) is 32.7 Å². The first-order chi connectivity index (χ1) is 11.7. The van der Waals surface area contributed by atoms with E-state index in [4.69, 9.17) is 0 Å². The summed E-state index contributed by atoms with van der Waals surface area (Å²) in [5.74, 6) is 0.219. The van der Waals surface area contributed by atoms with E-state index in [9.17, 15) is 8.42 Å². The molecule has 3 rings (SSSR count). The summed E-state index contributed by atoms with van der Waals surface area (Å²) in [6.45, 7) is 8.62. The van der Waals surface area contributed by atoms with E-state index in [1.54, 1.807) is 24.5 Å². The van der Waals surface area contributed by atoms with Gasteiger partial charge in [0.2, 0.25) is 0 Å². The van der Waals surface area contributed by atoms with Gasteiger partial charge in [0.05, 0.1) is 10.6 Å². The van der Waals surface area contributed by atoms with Gasteiger partial charge in [-0.05, 0) is 46.5 Å². The lowest BCUT2D eigenvalue weighted by molar-refractivity contribution is 0.339. The van der Waals surface area contributed by atoms with Gasteiger partial charge in [-0.1, -0.05) is 33.8 Å². The third kappa shape index (κ3) is 3.41. The van der Waals surface area contributed by atoms with Gasteiger partial charge < -0.3 is 0 Å². The average Bonchev–Trinajstić information content (AvgIpc) is 3.23. The largest absolute Gasteiger partial charge is 0.269 e. The number of nitrogens with zero attached hydrogens (tertiary/aromatic N) is 2. The Hall–Kier alpha value is -1.92. The van der Waals surface area contributed by atoms with Crippen LogP contribution in [0.2, 0.25) is 0 Å². The minimum atomic E-state index is -3.69. The van der Waals surface area contributed by atoms with Gasteiger partial charge in [-0.25, -0.2) is 12.4 Å². The molecule has 0 N–H and O–H groups in total. The normalized spacial score (nSPS) is 13.8. The maximum Gasteiger partial charge on any atom is 0.269 e. The van der Waals surface area contributed by atoms with Crippen molar-refractivity contribution in [2.45, 2.75) is 38.5 Å². The zero-order valence-corrected chi connectivity index (χ0v) is 16.4. The van der Waals surface area contributed by atoms with Crippen LogP contribution in [0.15, 0.2) is 59.2 Å². The molecule has 0 amide bonds. The van der Waals surface area contributed by atoms with Crippen molar-refractivity contribution < 1.29 is 8.42 Å². The molecule has 0 aromatic carbocycles. The van der Waals surface area contributed by atoms with Gasteiger partial charge in [0.15, 0.2) is 0 Å². The highest BCUT2D eigenvalue weighted by Gasteiger charge is 2.28. The molecule has 1 atom stereocenters. The summed E-state index contributed by atoms with van der Waals surface area (Å²) in [4.78, 5) is 5.08. The van der Waals surface area contributed by atoms with Crippen molar-refractivity contribution in [2.75, 3.05) is 0 Å². The summed E-state index contributed by atoms with van der Waals surface area (Å²) in [5.41, 5.74) is 1.75. The SMILES string of the molecule is CC(c1cc(-c2cccs2)n(S(=O)(=O)c2cccnc2)c1)C(C)(C)C. The zero-order valence-electron chi connectivity index (χ0n) is 14.8. The third-order valence-electron chi connectivity index (χ3n) is 4.57. The van der Waals surface area contributed by atoms with E-state index < -0.39 is 10.0 Å². The third-order valence-corrected chi connectivity index (χ3v) is 7.12. The molecule has 0 saturated heterocycles. The van der Waals surface area contributed by atoms with Crippen LogP contribution in [0.25, 0.3) is 10.6 Å². The number of rotatable bonds is 4. The summed E-state index contributed by atoms with van der Waals surface area (Å²) in [6, 6.07) is 9.09. The Bertz CT molecular complexity index is 951. The topological polar surface area (TPSA) is 52.0 Å². The number of pyridine rings is 1. The maximum absolute atomic E-state index is 13.2. The molecule has 0 bridgehead atoms. The summed E-state index contributed by atoms with van der Waals surface area (Å²) < 4.78 is 27.7. The fourth-order valence-corrected chi connectivity index (χ4v) is 4.76. The Morgan fingerprint density at radius 2 is 1.96 bits per heavy atom. The molecule has 25 heavy (non-hydrogen) atoms. The molecule has 3 aromatic rings. The molecule has 0 aliphatic carbocycles. The standard InChI is InChI=1S/C19H22N2O2S2/c1-14(19(2,3)4)15-11-17(18-8-6-10-24-18)21(13-15)25(22,23)16-7-5-9-20-12-16/h5-14H,1-4H3. The lowest BCUT2D eigenvalue weighted by atomic mass is 9.79. The van der Waals surface area contributed by atoms with E-state index >= 15 is 0 Å². The van der Waals surface area contributed by atoms with Gasteiger partial charge in [0.25, 0.3) is 10.0 Å². The number of hydrogen-bond donors (Lipinski definition) is 0. The summed E-state index contributed by atoms with van der Waals surface area (Å²) in [7, 11) is -3.69. The van der Waals surface area contributed by atoms with Crippen LogP contribution in [-0.4, -0.2) is 17.4 Å². The highest BCUT2D eigenvalue weighted by molar-refractivity contribution is 7.90. The van der Waals surface area contributed by atoms with E-state index in [0.29, 0.717) is 5.69 Å². The monoisotopic (exact) mass is 374 g/mol. The van der Waals surface area contributed by atoms with Crippen molar-refractivity contribution in [1.82, 2.24) is 8.96 Å². The molecule has 0 fully saturated rings. The minimum Gasteiger partial charge on any atom is -0.263 e. The van der Waals surface area contributed by atoms with Crippen LogP contribution >= 0.6 is 11.3 Å². The van der Waals surface area contributed by atoms with Crippen molar-refractivity contribution >= 4 is 21.4 Å². The molecule has 1 unspecified atom stereocenters. The fraction of sp³-hybridized carbons (Fsp3) is 0.316. The molecule has 0 aliphatic heterocycles. The van der Waals surface area contributed by atoms with Crippen LogP contribution in [0.1, 0.15) is 39.2 Å². The van der Waals surface area contributed by atoms with E-state index in [1.807, 2.05) is 23.6 Å². The fourth-order valence-electron chi connectivity index (χ4n) is 2.62. The Kier molecular flexibility index (Phi) is 4.60. The van der Waals surface area contributed by atoms with Crippen molar-refractivity contribution in [2.24, 2.45) is 5.41 Å². The van der Waals surface area contributed by atoms with E-state index in [-0.39, 0.29) is 16.2 Å². The first kappa shape index (κ1) is 17.9. The molecule has 0 aliphatic rings. The minimum absolute atomic E-state index is 0.0387. The Labute approximate surface area is 153 Å². The van der Waals surface area contributed by atoms with Gasteiger partial charge in [-0.3, -0.25) is 4.98 Å². The molecule has 0 saturated carbocycles. The zero-order chi connectivity index (χ0) is 18.2. The highest BCUT2D eigenvalue weighted by Crippen LogP contribution is 2.38. The van der Waals surface area contributed by atoms with Gasteiger partial charge in [-0.15, -0.1) is 11.3 Å². The Balaban J connectivity index is 2.20. The van der Waals surface area contributed by atoms with Crippen molar-refractivity contribution in [1.29, 1.82) is 0 Å². The van der Waals surface area contributed by atoms with E-state index in [0.717, 1.165) is 10.4 Å². The molecular weight excluding hydrogens is 352 g/mol. The lowest BCUT2D eigenvalue weighted by Crippen LogP contribution is -2.16. The second-order valence-corrected chi connectivity index (χ2v) is 9.98. The first-order valence-corrected chi connectivity index (χ1v) is 10.4. The molecular formula is C19H22N2O2S2. The number of thiophene rings is 1. The van der Waals surface area contributed by atoms with Gasteiger partial charge in [0.1, 0.15) is 4.90 Å². The van der Waals surface area contributed by atoms with Crippen LogP contribution in [-0.2, 0) is 10.0 Å². The lowest BCUT2D eigenvalue weighted by Gasteiger charge is -2.26. The quantitative estimate of drug-likeness (QED) is 0.646. The highest BCUT2D eigenvalue weighted by atomic mass is 32.2. The second-order valence-electron chi connectivity index (χ2n) is 7.21. The Morgan fingerprint density at radius 1 is 1.20 bits per heavy atom. The molecule has 132 valence electrons. The maximum atomic E-state index is 13.2. The second kappa shape index (κ2) is 6.42. The summed E-state index contributed by atoms with van der Waals surface area (Å²) in [5, 5.41) is 1.95. The van der Waals surface area contributed by atoms with Gasteiger partial charge in [0, 0.05) is 18.6 Å². The number of aromatic nitrogens is 2.